The van der Waals surface area contributed by atoms with Crippen LogP contribution in [0.1, 0.15) is 34.0 Å². The number of rotatable bonds is 5. The van der Waals surface area contributed by atoms with Crippen LogP contribution >= 0.6 is 0 Å². The number of halogens is 1. The van der Waals surface area contributed by atoms with Crippen LogP contribution in [-0.2, 0) is 16.1 Å². The smallest absolute Gasteiger partial charge is 0.323 e. The Kier molecular flexibility index (Phi) is 6.93. The fraction of sp³-hybridized carbons (Fsp3) is 0.333. The maximum atomic E-state index is 14.8. The van der Waals surface area contributed by atoms with Crippen molar-refractivity contribution in [3.05, 3.63) is 76.8 Å². The molecule has 0 saturated carbocycles. The summed E-state index contributed by atoms with van der Waals surface area (Å²) in [4.78, 5) is 46.5. The van der Waals surface area contributed by atoms with Crippen LogP contribution < -0.4 is 20.3 Å². The molecule has 2 saturated heterocycles. The third kappa shape index (κ3) is 5.02. The third-order valence-corrected chi connectivity index (χ3v) is 7.64. The van der Waals surface area contributed by atoms with E-state index in [-0.39, 0.29) is 30.3 Å². The zero-order chi connectivity index (χ0) is 28.6. The Morgan fingerprint density at radius 2 is 2.02 bits per heavy atom. The van der Waals surface area contributed by atoms with E-state index >= 15 is 0 Å². The summed E-state index contributed by atoms with van der Waals surface area (Å²) >= 11 is 0. The van der Waals surface area contributed by atoms with E-state index in [4.69, 9.17) is 14.5 Å². The summed E-state index contributed by atoms with van der Waals surface area (Å²) in [6, 6.07) is 8.36. The number of pyridine rings is 1. The number of carbonyl (C=O) groups is 3. The highest BCUT2D eigenvalue weighted by molar-refractivity contribution is 6.10. The number of benzene rings is 1. The molecule has 10 nitrogen and oxygen atoms in total. The standard InChI is InChI=1S/C30H28FN5O5/c1-40-23-10-9-21-17-36(27(37)25(21)26(23)31)18-30(28(38)33-29(39)34-30)12-11-19-5-7-20(8-6-19)22-3-2-4-24(32-22)35-13-15-41-16-14-35/h2-7,9-10,20H,8,13-18H2,1H3,(H2,33,34,38,39)/t20?,30-/m1/s1. The molecule has 1 aromatic carbocycles. The Balaban J connectivity index is 1.19. The van der Waals surface area contributed by atoms with Crippen LogP contribution in [0.4, 0.5) is 15.0 Å². The van der Waals surface area contributed by atoms with Gasteiger partial charge >= 0.3 is 6.03 Å². The van der Waals surface area contributed by atoms with Crippen LogP contribution in [0, 0.1) is 17.7 Å². The number of hydrogen-bond donors (Lipinski definition) is 2. The van der Waals surface area contributed by atoms with Gasteiger partial charge in [0.1, 0.15) is 5.82 Å². The molecule has 210 valence electrons. The van der Waals surface area contributed by atoms with E-state index in [9.17, 15) is 18.8 Å². The molecular formula is C30H28FN5O5. The van der Waals surface area contributed by atoms with Gasteiger partial charge in [-0.1, -0.05) is 42.2 Å². The predicted octanol–water partition coefficient (Wildman–Crippen LogP) is 2.27. The quantitative estimate of drug-likeness (QED) is 0.429. The molecule has 4 heterocycles. The molecule has 1 unspecified atom stereocenters. The largest absolute Gasteiger partial charge is 0.494 e. The van der Waals surface area contributed by atoms with Crippen LogP contribution in [0.2, 0.25) is 0 Å². The first-order valence-corrected chi connectivity index (χ1v) is 13.4. The second-order valence-corrected chi connectivity index (χ2v) is 10.2. The van der Waals surface area contributed by atoms with E-state index in [0.717, 1.165) is 24.6 Å². The predicted molar refractivity (Wildman–Crippen MR) is 147 cm³/mol. The molecule has 1 aliphatic carbocycles. The van der Waals surface area contributed by atoms with Crippen molar-refractivity contribution >= 4 is 23.7 Å². The zero-order valence-electron chi connectivity index (χ0n) is 22.4. The Bertz CT molecular complexity index is 1550. The van der Waals surface area contributed by atoms with Crippen LogP contribution in [0.15, 0.2) is 54.1 Å². The van der Waals surface area contributed by atoms with E-state index < -0.39 is 29.2 Å². The van der Waals surface area contributed by atoms with Crippen molar-refractivity contribution in [1.29, 1.82) is 0 Å². The molecule has 0 radical (unpaired) electrons. The Morgan fingerprint density at radius 3 is 2.73 bits per heavy atom. The molecular weight excluding hydrogens is 529 g/mol. The number of amides is 4. The molecule has 2 fully saturated rings. The van der Waals surface area contributed by atoms with Crippen LogP contribution in [0.3, 0.4) is 0 Å². The summed E-state index contributed by atoms with van der Waals surface area (Å²) in [6.07, 6.45) is 6.51. The summed E-state index contributed by atoms with van der Waals surface area (Å²) in [7, 11) is 1.32. The number of carbonyl (C=O) groups excluding carboxylic acids is 3. The molecule has 2 atom stereocenters. The minimum Gasteiger partial charge on any atom is -0.494 e. The topological polar surface area (TPSA) is 113 Å². The van der Waals surface area contributed by atoms with Crippen molar-refractivity contribution in [3.63, 3.8) is 0 Å². The van der Waals surface area contributed by atoms with Crippen molar-refractivity contribution in [2.45, 2.75) is 24.4 Å². The van der Waals surface area contributed by atoms with Gasteiger partial charge in [0.15, 0.2) is 11.6 Å². The second-order valence-electron chi connectivity index (χ2n) is 10.2. The summed E-state index contributed by atoms with van der Waals surface area (Å²) < 4.78 is 25.3. The van der Waals surface area contributed by atoms with Gasteiger partial charge in [-0.3, -0.25) is 14.9 Å². The van der Waals surface area contributed by atoms with Gasteiger partial charge in [-0.15, -0.1) is 0 Å². The third-order valence-electron chi connectivity index (χ3n) is 7.64. The molecule has 4 amide bonds. The number of imide groups is 1. The van der Waals surface area contributed by atoms with E-state index in [1.54, 1.807) is 6.07 Å². The average molecular weight is 558 g/mol. The Morgan fingerprint density at radius 1 is 1.20 bits per heavy atom. The summed E-state index contributed by atoms with van der Waals surface area (Å²) in [5.41, 5.74) is 0.299. The lowest BCUT2D eigenvalue weighted by molar-refractivity contribution is -0.122. The van der Waals surface area contributed by atoms with Gasteiger partial charge in [0.2, 0.25) is 5.54 Å². The lowest BCUT2D eigenvalue weighted by Gasteiger charge is -2.28. The number of urea groups is 1. The summed E-state index contributed by atoms with van der Waals surface area (Å²) in [5, 5.41) is 4.79. The van der Waals surface area contributed by atoms with Crippen molar-refractivity contribution in [2.75, 3.05) is 44.9 Å². The maximum absolute atomic E-state index is 14.8. The highest BCUT2D eigenvalue weighted by Gasteiger charge is 2.48. The highest BCUT2D eigenvalue weighted by Crippen LogP contribution is 2.32. The van der Waals surface area contributed by atoms with E-state index in [0.29, 0.717) is 30.8 Å². The zero-order valence-corrected chi connectivity index (χ0v) is 22.4. The number of morpholine rings is 1. The highest BCUT2D eigenvalue weighted by atomic mass is 19.1. The minimum absolute atomic E-state index is 0.0438. The first kappa shape index (κ1) is 26.5. The van der Waals surface area contributed by atoms with Crippen molar-refractivity contribution in [2.24, 2.45) is 0 Å². The fourth-order valence-corrected chi connectivity index (χ4v) is 5.42. The van der Waals surface area contributed by atoms with E-state index in [2.05, 4.69) is 27.4 Å². The van der Waals surface area contributed by atoms with E-state index in [1.807, 2.05) is 36.4 Å². The number of nitrogens with one attached hydrogen (secondary N) is 2. The SMILES string of the molecule is COc1ccc2c(c1F)C(=O)N(C[C@@]1(C#CC3=CCC(c4cccc(N5CCOCC5)n4)C=C3)NC(=O)NC1=O)C2. The summed E-state index contributed by atoms with van der Waals surface area (Å²) in [5.74, 6) is 4.84. The number of ether oxygens (including phenoxy) is 2. The van der Waals surface area contributed by atoms with Crippen LogP contribution in [0.25, 0.3) is 0 Å². The number of allylic oxidation sites excluding steroid dienone is 4. The number of aromatic nitrogens is 1. The molecule has 3 aliphatic heterocycles. The molecule has 2 aromatic rings. The Labute approximate surface area is 236 Å². The lowest BCUT2D eigenvalue weighted by Crippen LogP contribution is -2.54. The fourth-order valence-electron chi connectivity index (χ4n) is 5.42. The Hall–Kier alpha value is -4.69. The second kappa shape index (κ2) is 10.7. The summed E-state index contributed by atoms with van der Waals surface area (Å²) in [6.45, 7) is 2.81. The number of fused-ring (bicyclic) bond motifs is 1. The van der Waals surface area contributed by atoms with Crippen molar-refractivity contribution in [1.82, 2.24) is 20.5 Å². The molecule has 1 aromatic heterocycles. The average Bonchev–Trinajstić information content (AvgIpc) is 3.47. The van der Waals surface area contributed by atoms with E-state index in [1.165, 1.54) is 18.1 Å². The molecule has 41 heavy (non-hydrogen) atoms. The molecule has 0 bridgehead atoms. The number of methoxy groups -OCH3 is 1. The van der Waals surface area contributed by atoms with Crippen LogP contribution in [-0.4, -0.2) is 73.2 Å². The number of nitrogens with zero attached hydrogens (tertiary/aromatic N) is 3. The van der Waals surface area contributed by atoms with Crippen LogP contribution in [0.5, 0.6) is 5.75 Å². The number of anilines is 1. The molecule has 0 spiro atoms. The number of hydrogen-bond acceptors (Lipinski definition) is 7. The molecule has 6 rings (SSSR count). The molecule has 4 aliphatic rings. The van der Waals surface area contributed by atoms with Gasteiger partial charge in [0.05, 0.1) is 32.4 Å². The lowest BCUT2D eigenvalue weighted by atomic mass is 9.92. The first-order valence-electron chi connectivity index (χ1n) is 13.4. The van der Waals surface area contributed by atoms with Gasteiger partial charge in [0.25, 0.3) is 11.8 Å². The molecule has 2 N–H and O–H groups in total. The van der Waals surface area contributed by atoms with Gasteiger partial charge < -0.3 is 24.6 Å². The van der Waals surface area contributed by atoms with Crippen molar-refractivity contribution in [3.8, 4) is 17.6 Å². The van der Waals surface area contributed by atoms with Crippen molar-refractivity contribution < 1.29 is 28.2 Å². The van der Waals surface area contributed by atoms with Gasteiger partial charge in [0, 0.05) is 36.8 Å². The normalized spacial score (nSPS) is 23.4. The van der Waals surface area contributed by atoms with Gasteiger partial charge in [-0.05, 0) is 30.2 Å². The maximum Gasteiger partial charge on any atom is 0.323 e. The molecule has 11 heteroatoms. The first-order chi connectivity index (χ1) is 19.9. The van der Waals surface area contributed by atoms with Gasteiger partial charge in [-0.25, -0.2) is 14.2 Å². The van der Waals surface area contributed by atoms with Gasteiger partial charge in [-0.2, -0.15) is 0 Å². The monoisotopic (exact) mass is 557 g/mol. The minimum atomic E-state index is -1.69.